The van der Waals surface area contributed by atoms with Gasteiger partial charge >= 0.3 is 5.97 Å². The van der Waals surface area contributed by atoms with Crippen LogP contribution < -0.4 is 4.74 Å². The summed E-state index contributed by atoms with van der Waals surface area (Å²) in [5.74, 6) is -0.445. The molecular formula is C20H19Cl2NO5S. The molecule has 0 fully saturated rings. The molecule has 0 aliphatic rings. The number of carbonyl (C=O) groups is 1. The van der Waals surface area contributed by atoms with E-state index in [-0.39, 0.29) is 33.9 Å². The molecule has 1 aromatic heterocycles. The number of benzene rings is 2. The third-order valence-electron chi connectivity index (χ3n) is 4.25. The van der Waals surface area contributed by atoms with Crippen molar-refractivity contribution < 1.29 is 23.1 Å². The van der Waals surface area contributed by atoms with Gasteiger partial charge < -0.3 is 9.84 Å². The van der Waals surface area contributed by atoms with E-state index in [1.807, 2.05) is 13.8 Å². The molecule has 1 N–H and O–H groups in total. The van der Waals surface area contributed by atoms with Crippen molar-refractivity contribution in [3.8, 4) is 5.75 Å². The number of aliphatic carboxylic acids is 1. The number of aryl methyl sites for hydroxylation is 1. The van der Waals surface area contributed by atoms with Crippen LogP contribution in [0.2, 0.25) is 10.0 Å². The SMILES string of the molecule is CC(C)Oc1ccc2c(CCC(=O)O)cn(S(=O)(=O)c3ccc(Cl)c(Cl)c3)c2c1. The van der Waals surface area contributed by atoms with Crippen LogP contribution in [-0.2, 0) is 21.2 Å². The first kappa shape index (κ1) is 21.5. The highest BCUT2D eigenvalue weighted by Gasteiger charge is 2.23. The zero-order chi connectivity index (χ0) is 21.3. The third-order valence-corrected chi connectivity index (χ3v) is 6.66. The Bertz CT molecular complexity index is 1190. The van der Waals surface area contributed by atoms with Gasteiger partial charge in [-0.15, -0.1) is 0 Å². The number of rotatable bonds is 7. The van der Waals surface area contributed by atoms with Crippen molar-refractivity contribution in [2.75, 3.05) is 0 Å². The van der Waals surface area contributed by atoms with E-state index in [1.54, 1.807) is 18.2 Å². The molecule has 0 atom stereocenters. The second kappa shape index (κ2) is 8.26. The zero-order valence-corrected chi connectivity index (χ0v) is 18.1. The Morgan fingerprint density at radius 1 is 1.14 bits per heavy atom. The van der Waals surface area contributed by atoms with E-state index in [0.717, 1.165) is 3.97 Å². The highest BCUT2D eigenvalue weighted by atomic mass is 35.5. The maximum absolute atomic E-state index is 13.3. The van der Waals surface area contributed by atoms with Crippen molar-refractivity contribution in [1.29, 1.82) is 0 Å². The van der Waals surface area contributed by atoms with Gasteiger partial charge in [0.2, 0.25) is 0 Å². The van der Waals surface area contributed by atoms with Gasteiger partial charge in [-0.3, -0.25) is 4.79 Å². The van der Waals surface area contributed by atoms with Crippen molar-refractivity contribution in [1.82, 2.24) is 3.97 Å². The molecule has 9 heteroatoms. The smallest absolute Gasteiger partial charge is 0.303 e. The van der Waals surface area contributed by atoms with Crippen LogP contribution in [0, 0.1) is 0 Å². The predicted molar refractivity (Wildman–Crippen MR) is 113 cm³/mol. The second-order valence-electron chi connectivity index (χ2n) is 6.77. The van der Waals surface area contributed by atoms with Crippen molar-refractivity contribution in [2.45, 2.75) is 37.7 Å². The van der Waals surface area contributed by atoms with Gasteiger partial charge in [0.25, 0.3) is 10.0 Å². The number of halogens is 2. The first-order valence-electron chi connectivity index (χ1n) is 8.82. The topological polar surface area (TPSA) is 85.6 Å². The number of hydrogen-bond donors (Lipinski definition) is 1. The lowest BCUT2D eigenvalue weighted by Crippen LogP contribution is -2.12. The van der Waals surface area contributed by atoms with Crippen LogP contribution in [0.25, 0.3) is 10.9 Å². The lowest BCUT2D eigenvalue weighted by molar-refractivity contribution is -0.136. The van der Waals surface area contributed by atoms with E-state index >= 15 is 0 Å². The van der Waals surface area contributed by atoms with Gasteiger partial charge in [0.1, 0.15) is 5.75 Å². The van der Waals surface area contributed by atoms with Gasteiger partial charge in [0.05, 0.1) is 26.6 Å². The Labute approximate surface area is 178 Å². The molecule has 0 aliphatic heterocycles. The van der Waals surface area contributed by atoms with E-state index in [0.29, 0.717) is 22.2 Å². The summed E-state index contributed by atoms with van der Waals surface area (Å²) in [4.78, 5) is 11.0. The summed E-state index contributed by atoms with van der Waals surface area (Å²) in [6, 6.07) is 9.20. The number of fused-ring (bicyclic) bond motifs is 1. The summed E-state index contributed by atoms with van der Waals surface area (Å²) in [6.45, 7) is 3.74. The minimum absolute atomic E-state index is 0.0243. The second-order valence-corrected chi connectivity index (χ2v) is 9.40. The van der Waals surface area contributed by atoms with E-state index in [9.17, 15) is 13.2 Å². The maximum atomic E-state index is 13.3. The first-order chi connectivity index (χ1) is 13.6. The summed E-state index contributed by atoms with van der Waals surface area (Å²) in [5.41, 5.74) is 1.01. The minimum atomic E-state index is -4.00. The van der Waals surface area contributed by atoms with E-state index in [2.05, 4.69) is 0 Å². The highest BCUT2D eigenvalue weighted by molar-refractivity contribution is 7.90. The molecule has 0 bridgehead atoms. The van der Waals surface area contributed by atoms with Crippen molar-refractivity contribution in [2.24, 2.45) is 0 Å². The zero-order valence-electron chi connectivity index (χ0n) is 15.7. The summed E-state index contributed by atoms with van der Waals surface area (Å²) in [7, 11) is -4.00. The van der Waals surface area contributed by atoms with Crippen LogP contribution in [0.5, 0.6) is 5.75 Å². The number of hydrogen-bond acceptors (Lipinski definition) is 4. The molecule has 29 heavy (non-hydrogen) atoms. The first-order valence-corrected chi connectivity index (χ1v) is 11.0. The minimum Gasteiger partial charge on any atom is -0.491 e. The molecule has 154 valence electrons. The molecular weight excluding hydrogens is 437 g/mol. The quantitative estimate of drug-likeness (QED) is 0.542. The van der Waals surface area contributed by atoms with Gasteiger partial charge in [0, 0.05) is 24.1 Å². The average Bonchev–Trinajstić information content (AvgIpc) is 3.00. The fourth-order valence-corrected chi connectivity index (χ4v) is 4.75. The molecule has 3 rings (SSSR count). The Balaban J connectivity index is 2.20. The average molecular weight is 456 g/mol. The van der Waals surface area contributed by atoms with Crippen molar-refractivity contribution in [3.05, 3.63) is 58.2 Å². The Kier molecular flexibility index (Phi) is 6.12. The molecule has 6 nitrogen and oxygen atoms in total. The van der Waals surface area contributed by atoms with Gasteiger partial charge in [-0.1, -0.05) is 23.2 Å². The third kappa shape index (κ3) is 4.52. The molecule has 3 aromatic rings. The van der Waals surface area contributed by atoms with Gasteiger partial charge in [0.15, 0.2) is 0 Å². The van der Waals surface area contributed by atoms with E-state index < -0.39 is 16.0 Å². The number of aromatic nitrogens is 1. The molecule has 0 saturated carbocycles. The molecule has 0 radical (unpaired) electrons. The standard InChI is InChI=1S/C20H19Cl2NO5S/c1-12(2)28-14-4-6-16-13(3-8-20(24)25)11-23(19(16)9-14)29(26,27)15-5-7-17(21)18(22)10-15/h4-7,9-12H,3,8H2,1-2H3,(H,24,25). The largest absolute Gasteiger partial charge is 0.491 e. The molecule has 0 aliphatic carbocycles. The van der Waals surface area contributed by atoms with Gasteiger partial charge in [-0.05, 0) is 56.2 Å². The summed E-state index contributed by atoms with van der Waals surface area (Å²) >= 11 is 11.9. The molecule has 0 unspecified atom stereocenters. The Morgan fingerprint density at radius 2 is 1.86 bits per heavy atom. The van der Waals surface area contributed by atoms with Crippen molar-refractivity contribution >= 4 is 50.1 Å². The Hall–Kier alpha value is -2.22. The van der Waals surface area contributed by atoms with Crippen LogP contribution in [0.1, 0.15) is 25.8 Å². The molecule has 1 heterocycles. The van der Waals surface area contributed by atoms with E-state index in [4.69, 9.17) is 33.0 Å². The normalized spacial score (nSPS) is 11.9. The van der Waals surface area contributed by atoms with Crippen LogP contribution >= 0.6 is 23.2 Å². The summed E-state index contributed by atoms with van der Waals surface area (Å²) < 4.78 is 33.4. The summed E-state index contributed by atoms with van der Waals surface area (Å²) in [6.07, 6.45) is 1.44. The molecule has 0 amide bonds. The fraction of sp³-hybridized carbons (Fsp3) is 0.250. The number of nitrogens with zero attached hydrogens (tertiary/aromatic N) is 1. The summed E-state index contributed by atoms with van der Waals surface area (Å²) in [5, 5.41) is 10.0. The van der Waals surface area contributed by atoms with E-state index in [1.165, 1.54) is 24.4 Å². The number of ether oxygens (including phenoxy) is 1. The molecule has 0 saturated heterocycles. The van der Waals surface area contributed by atoms with Crippen LogP contribution in [0.3, 0.4) is 0 Å². The van der Waals surface area contributed by atoms with Crippen LogP contribution in [0.4, 0.5) is 0 Å². The molecule has 2 aromatic carbocycles. The Morgan fingerprint density at radius 3 is 2.48 bits per heavy atom. The van der Waals surface area contributed by atoms with Gasteiger partial charge in [-0.2, -0.15) is 0 Å². The predicted octanol–water partition coefficient (Wildman–Crippen LogP) is 4.99. The fourth-order valence-electron chi connectivity index (χ4n) is 2.98. The molecule has 0 spiro atoms. The number of carboxylic acids is 1. The monoisotopic (exact) mass is 455 g/mol. The van der Waals surface area contributed by atoms with Gasteiger partial charge in [-0.25, -0.2) is 12.4 Å². The maximum Gasteiger partial charge on any atom is 0.303 e. The van der Waals surface area contributed by atoms with Crippen LogP contribution in [-0.4, -0.2) is 29.6 Å². The number of carboxylic acid groups (broad SMARTS) is 1. The van der Waals surface area contributed by atoms with Crippen LogP contribution in [0.15, 0.2) is 47.5 Å². The lowest BCUT2D eigenvalue weighted by Gasteiger charge is -2.12. The highest BCUT2D eigenvalue weighted by Crippen LogP contribution is 2.32. The lowest BCUT2D eigenvalue weighted by atomic mass is 10.1. The van der Waals surface area contributed by atoms with Crippen molar-refractivity contribution in [3.63, 3.8) is 0 Å².